The third-order valence-electron chi connectivity index (χ3n) is 4.58. The fourth-order valence-electron chi connectivity index (χ4n) is 2.90. The second-order valence-corrected chi connectivity index (χ2v) is 6.63. The van der Waals surface area contributed by atoms with Gasteiger partial charge in [0.1, 0.15) is 0 Å². The van der Waals surface area contributed by atoms with E-state index in [1.165, 1.54) is 38.5 Å². The summed E-state index contributed by atoms with van der Waals surface area (Å²) in [5.74, 6) is 3.67. The van der Waals surface area contributed by atoms with E-state index in [9.17, 15) is 5.11 Å². The van der Waals surface area contributed by atoms with Gasteiger partial charge in [-0.15, -0.1) is 0 Å². The van der Waals surface area contributed by atoms with E-state index in [4.69, 9.17) is 4.74 Å². The first-order chi connectivity index (χ1) is 8.83. The minimum absolute atomic E-state index is 0.331. The fourth-order valence-corrected chi connectivity index (χ4v) is 2.90. The molecule has 3 aliphatic carbocycles. The molecule has 0 aliphatic heterocycles. The summed E-state index contributed by atoms with van der Waals surface area (Å²) in [4.78, 5) is 0. The number of rotatable bonds is 10. The predicted octanol–water partition coefficient (Wildman–Crippen LogP) is 1.80. The number of hydrogen-bond acceptors (Lipinski definition) is 3. The topological polar surface area (TPSA) is 41.5 Å². The monoisotopic (exact) mass is 253 g/mol. The Labute approximate surface area is 110 Å². The molecule has 0 aromatic carbocycles. The summed E-state index contributed by atoms with van der Waals surface area (Å²) in [6.45, 7) is 3.15. The highest BCUT2D eigenvalue weighted by atomic mass is 16.5. The molecular weight excluding hydrogens is 226 g/mol. The van der Waals surface area contributed by atoms with Crippen molar-refractivity contribution >= 4 is 0 Å². The molecule has 0 aromatic rings. The Bertz CT molecular complexity index is 247. The third-order valence-corrected chi connectivity index (χ3v) is 4.58. The van der Waals surface area contributed by atoms with E-state index in [0.717, 1.165) is 36.8 Å². The summed E-state index contributed by atoms with van der Waals surface area (Å²) in [6.07, 6.45) is 8.07. The van der Waals surface area contributed by atoms with Crippen molar-refractivity contribution in [2.24, 2.45) is 23.7 Å². The van der Waals surface area contributed by atoms with Crippen molar-refractivity contribution < 1.29 is 9.84 Å². The number of aliphatic hydroxyl groups is 1. The van der Waals surface area contributed by atoms with Gasteiger partial charge in [-0.1, -0.05) is 0 Å². The standard InChI is InChI=1S/C15H27NO2/c17-14(10-18-9-11-1-2-11)7-16-8-15(12-3-4-12)13-5-6-13/h11-17H,1-10H2. The molecule has 104 valence electrons. The summed E-state index contributed by atoms with van der Waals surface area (Å²) in [6, 6.07) is 0. The van der Waals surface area contributed by atoms with Gasteiger partial charge < -0.3 is 15.2 Å². The number of ether oxygens (including phenoxy) is 1. The molecule has 3 fully saturated rings. The molecule has 0 saturated heterocycles. The molecule has 0 heterocycles. The van der Waals surface area contributed by atoms with E-state index in [-0.39, 0.29) is 6.10 Å². The Balaban J connectivity index is 1.23. The molecule has 3 saturated carbocycles. The molecule has 3 heteroatoms. The van der Waals surface area contributed by atoms with Gasteiger partial charge in [-0.25, -0.2) is 0 Å². The van der Waals surface area contributed by atoms with Crippen LogP contribution in [-0.4, -0.2) is 37.5 Å². The van der Waals surface area contributed by atoms with Gasteiger partial charge in [0.05, 0.1) is 12.7 Å². The average molecular weight is 253 g/mol. The molecule has 3 nitrogen and oxygen atoms in total. The zero-order valence-corrected chi connectivity index (χ0v) is 11.3. The highest BCUT2D eigenvalue weighted by Gasteiger charge is 2.40. The lowest BCUT2D eigenvalue weighted by atomic mass is 9.98. The van der Waals surface area contributed by atoms with Gasteiger partial charge in [0.15, 0.2) is 0 Å². The lowest BCUT2D eigenvalue weighted by Crippen LogP contribution is -2.34. The molecule has 0 aromatic heterocycles. The first-order valence-electron chi connectivity index (χ1n) is 7.79. The van der Waals surface area contributed by atoms with E-state index >= 15 is 0 Å². The molecule has 3 aliphatic rings. The van der Waals surface area contributed by atoms with E-state index in [2.05, 4.69) is 5.32 Å². The van der Waals surface area contributed by atoms with Crippen molar-refractivity contribution in [1.29, 1.82) is 0 Å². The molecular formula is C15H27NO2. The molecule has 1 atom stereocenters. The first-order valence-corrected chi connectivity index (χ1v) is 7.79. The normalized spacial score (nSPS) is 25.7. The average Bonchev–Trinajstić information content (AvgIpc) is 3.20. The Morgan fingerprint density at radius 1 is 1.00 bits per heavy atom. The van der Waals surface area contributed by atoms with Crippen LogP contribution in [0.4, 0.5) is 0 Å². The maximum atomic E-state index is 9.82. The quantitative estimate of drug-likeness (QED) is 0.624. The van der Waals surface area contributed by atoms with Crippen molar-refractivity contribution in [1.82, 2.24) is 5.32 Å². The highest BCUT2D eigenvalue weighted by molar-refractivity contribution is 4.92. The summed E-state index contributed by atoms with van der Waals surface area (Å²) in [5.41, 5.74) is 0. The Hall–Kier alpha value is -0.120. The molecule has 0 radical (unpaired) electrons. The minimum Gasteiger partial charge on any atom is -0.389 e. The van der Waals surface area contributed by atoms with Crippen molar-refractivity contribution in [2.45, 2.75) is 44.6 Å². The van der Waals surface area contributed by atoms with Gasteiger partial charge in [-0.05, 0) is 68.7 Å². The van der Waals surface area contributed by atoms with Crippen LogP contribution in [0.1, 0.15) is 38.5 Å². The van der Waals surface area contributed by atoms with E-state index in [0.29, 0.717) is 13.2 Å². The van der Waals surface area contributed by atoms with E-state index < -0.39 is 0 Å². The third kappa shape index (κ3) is 4.22. The van der Waals surface area contributed by atoms with Crippen LogP contribution in [0.25, 0.3) is 0 Å². The van der Waals surface area contributed by atoms with Crippen molar-refractivity contribution in [3.63, 3.8) is 0 Å². The molecule has 3 rings (SSSR count). The second kappa shape index (κ2) is 5.89. The summed E-state index contributed by atoms with van der Waals surface area (Å²) >= 11 is 0. The van der Waals surface area contributed by atoms with Crippen LogP contribution in [0, 0.1) is 23.7 Å². The van der Waals surface area contributed by atoms with Crippen LogP contribution < -0.4 is 5.32 Å². The molecule has 0 bridgehead atoms. The maximum absolute atomic E-state index is 9.82. The van der Waals surface area contributed by atoms with Crippen LogP contribution in [0.5, 0.6) is 0 Å². The first kappa shape index (κ1) is 12.9. The summed E-state index contributed by atoms with van der Waals surface area (Å²) in [5, 5.41) is 13.3. The van der Waals surface area contributed by atoms with Crippen molar-refractivity contribution in [2.75, 3.05) is 26.3 Å². The van der Waals surface area contributed by atoms with Gasteiger partial charge in [0.25, 0.3) is 0 Å². The minimum atomic E-state index is -0.331. The zero-order valence-electron chi connectivity index (χ0n) is 11.3. The highest BCUT2D eigenvalue weighted by Crippen LogP contribution is 2.48. The molecule has 0 amide bonds. The fraction of sp³-hybridized carbons (Fsp3) is 1.00. The Morgan fingerprint density at radius 3 is 2.22 bits per heavy atom. The van der Waals surface area contributed by atoms with Crippen LogP contribution in [0.2, 0.25) is 0 Å². The van der Waals surface area contributed by atoms with Gasteiger partial charge >= 0.3 is 0 Å². The lowest BCUT2D eigenvalue weighted by Gasteiger charge is -2.18. The van der Waals surface area contributed by atoms with Crippen LogP contribution in [0.3, 0.4) is 0 Å². The van der Waals surface area contributed by atoms with Crippen molar-refractivity contribution in [3.8, 4) is 0 Å². The Morgan fingerprint density at radius 2 is 1.67 bits per heavy atom. The summed E-state index contributed by atoms with van der Waals surface area (Å²) in [7, 11) is 0. The molecule has 18 heavy (non-hydrogen) atoms. The largest absolute Gasteiger partial charge is 0.389 e. The predicted molar refractivity (Wildman–Crippen MR) is 71.4 cm³/mol. The van der Waals surface area contributed by atoms with Crippen molar-refractivity contribution in [3.05, 3.63) is 0 Å². The van der Waals surface area contributed by atoms with Crippen LogP contribution in [-0.2, 0) is 4.74 Å². The summed E-state index contributed by atoms with van der Waals surface area (Å²) < 4.78 is 5.51. The zero-order chi connectivity index (χ0) is 12.4. The molecule has 1 unspecified atom stereocenters. The molecule has 2 N–H and O–H groups in total. The SMILES string of the molecule is OC(CNCC(C1CC1)C1CC1)COCC1CC1. The Kier molecular flexibility index (Phi) is 4.22. The van der Waals surface area contributed by atoms with E-state index in [1.54, 1.807) is 0 Å². The van der Waals surface area contributed by atoms with Gasteiger partial charge in [-0.3, -0.25) is 0 Å². The molecule has 0 spiro atoms. The van der Waals surface area contributed by atoms with Crippen LogP contribution in [0.15, 0.2) is 0 Å². The number of nitrogens with one attached hydrogen (secondary N) is 1. The smallest absolute Gasteiger partial charge is 0.0897 e. The van der Waals surface area contributed by atoms with Crippen LogP contribution >= 0.6 is 0 Å². The second-order valence-electron chi connectivity index (χ2n) is 6.63. The maximum Gasteiger partial charge on any atom is 0.0897 e. The lowest BCUT2D eigenvalue weighted by molar-refractivity contribution is 0.0319. The van der Waals surface area contributed by atoms with Gasteiger partial charge in [-0.2, -0.15) is 0 Å². The number of hydrogen-bond donors (Lipinski definition) is 2. The van der Waals surface area contributed by atoms with Gasteiger partial charge in [0.2, 0.25) is 0 Å². The van der Waals surface area contributed by atoms with Gasteiger partial charge in [0, 0.05) is 13.2 Å². The van der Waals surface area contributed by atoms with E-state index in [1.807, 2.05) is 0 Å². The number of aliphatic hydroxyl groups excluding tert-OH is 1.